The summed E-state index contributed by atoms with van der Waals surface area (Å²) in [6.07, 6.45) is 0.660. The number of nitrogens with two attached hydrogens (primary N) is 1. The van der Waals surface area contributed by atoms with Gasteiger partial charge in [0.25, 0.3) is 10.0 Å². The molecule has 1 aromatic rings. The van der Waals surface area contributed by atoms with Crippen LogP contribution in [-0.2, 0) is 10.0 Å². The van der Waals surface area contributed by atoms with Gasteiger partial charge >= 0.3 is 5.69 Å². The highest BCUT2D eigenvalue weighted by Gasteiger charge is 2.31. The molecule has 0 aliphatic carbocycles. The number of hydrogen-bond acceptors (Lipinski definition) is 7. The largest absolute Gasteiger partial charge is 0.310 e. The first-order valence-corrected chi connectivity index (χ1v) is 8.28. The molecule has 3 N–H and O–H groups in total. The lowest BCUT2D eigenvalue weighted by Gasteiger charge is -2.24. The van der Waals surface area contributed by atoms with Crippen LogP contribution >= 0.6 is 11.3 Å². The number of thiophene rings is 1. The van der Waals surface area contributed by atoms with Crippen LogP contribution in [0.15, 0.2) is 10.3 Å². The maximum atomic E-state index is 12.5. The normalized spacial score (nSPS) is 12.1. The van der Waals surface area contributed by atoms with E-state index in [1.54, 1.807) is 13.8 Å². The summed E-state index contributed by atoms with van der Waals surface area (Å²) >= 11 is 0.759. The van der Waals surface area contributed by atoms with Crippen molar-refractivity contribution in [2.75, 3.05) is 12.0 Å². The molecule has 0 unspecified atom stereocenters. The molecule has 0 saturated carbocycles. The number of nitrogens with one attached hydrogen (secondary N) is 1. The summed E-state index contributed by atoms with van der Waals surface area (Å²) in [5.41, 5.74) is 1.83. The molecule has 0 amide bonds. The van der Waals surface area contributed by atoms with E-state index in [-0.39, 0.29) is 20.9 Å². The number of rotatable bonds is 7. The molecule has 0 aliphatic rings. The first kappa shape index (κ1) is 16.8. The fourth-order valence-electron chi connectivity index (χ4n) is 1.72. The fourth-order valence-corrected chi connectivity index (χ4v) is 4.81. The van der Waals surface area contributed by atoms with Gasteiger partial charge in [0.1, 0.15) is 4.21 Å². The smallest absolute Gasteiger partial charge is 0.306 e. The van der Waals surface area contributed by atoms with Crippen LogP contribution in [0.2, 0.25) is 0 Å². The Bertz CT molecular complexity index is 582. The van der Waals surface area contributed by atoms with E-state index in [2.05, 4.69) is 5.43 Å². The van der Waals surface area contributed by atoms with Gasteiger partial charge in [0.15, 0.2) is 5.00 Å². The van der Waals surface area contributed by atoms with Gasteiger partial charge in [0.2, 0.25) is 0 Å². The van der Waals surface area contributed by atoms with E-state index in [9.17, 15) is 18.5 Å². The standard InChI is InChI=1S/C10H18N4O4S2/c1-4-5-13(7(2)3)20(17,18)9-6-8(14(15)16)10(12-11)19-9/h6-7,12H,4-5,11H2,1-3H3. The quantitative estimate of drug-likeness (QED) is 0.448. The zero-order valence-corrected chi connectivity index (χ0v) is 13.1. The molecule has 0 bridgehead atoms. The number of hydrazine groups is 1. The van der Waals surface area contributed by atoms with Crippen LogP contribution in [0.3, 0.4) is 0 Å². The van der Waals surface area contributed by atoms with E-state index in [1.165, 1.54) is 4.31 Å². The van der Waals surface area contributed by atoms with Crippen molar-refractivity contribution in [2.24, 2.45) is 5.84 Å². The molecule has 114 valence electrons. The van der Waals surface area contributed by atoms with E-state index in [1.807, 2.05) is 6.92 Å². The molecule has 0 atom stereocenters. The minimum Gasteiger partial charge on any atom is -0.310 e. The second-order valence-corrected chi connectivity index (χ2v) is 7.56. The molecular weight excluding hydrogens is 304 g/mol. The van der Waals surface area contributed by atoms with Gasteiger partial charge in [-0.15, -0.1) is 0 Å². The van der Waals surface area contributed by atoms with Gasteiger partial charge in [-0.05, 0) is 20.3 Å². The topological polar surface area (TPSA) is 119 Å². The van der Waals surface area contributed by atoms with E-state index in [4.69, 9.17) is 5.84 Å². The summed E-state index contributed by atoms with van der Waals surface area (Å²) in [6.45, 7) is 5.75. The third kappa shape index (κ3) is 3.26. The monoisotopic (exact) mass is 322 g/mol. The minimum absolute atomic E-state index is 0.0220. The van der Waals surface area contributed by atoms with Gasteiger partial charge in [-0.3, -0.25) is 10.1 Å². The van der Waals surface area contributed by atoms with Crippen LogP contribution in [-0.4, -0.2) is 30.2 Å². The summed E-state index contributed by atoms with van der Waals surface area (Å²) in [5, 5.41) is 10.9. The van der Waals surface area contributed by atoms with Gasteiger partial charge in [-0.2, -0.15) is 4.31 Å². The number of nitro groups is 1. The average molecular weight is 322 g/mol. The molecule has 1 heterocycles. The summed E-state index contributed by atoms with van der Waals surface area (Å²) in [7, 11) is -3.76. The van der Waals surface area contributed by atoms with E-state index < -0.39 is 14.9 Å². The zero-order chi connectivity index (χ0) is 15.5. The van der Waals surface area contributed by atoms with Crippen LogP contribution in [0, 0.1) is 10.1 Å². The summed E-state index contributed by atoms with van der Waals surface area (Å²) < 4.78 is 26.3. The molecule has 0 spiro atoms. The molecule has 0 radical (unpaired) electrons. The Labute approximate surface area is 121 Å². The Kier molecular flexibility index (Phi) is 5.45. The number of hydrogen-bond donors (Lipinski definition) is 2. The SMILES string of the molecule is CCCN(C(C)C)S(=O)(=O)c1cc([N+](=O)[O-])c(NN)s1. The first-order valence-electron chi connectivity index (χ1n) is 6.02. The Balaban J connectivity index is 3.31. The highest BCUT2D eigenvalue weighted by atomic mass is 32.2. The molecule has 0 aliphatic heterocycles. The van der Waals surface area contributed by atoms with Crippen molar-refractivity contribution < 1.29 is 13.3 Å². The Morgan fingerprint density at radius 3 is 2.50 bits per heavy atom. The van der Waals surface area contributed by atoms with Crippen LogP contribution in [0.1, 0.15) is 27.2 Å². The van der Waals surface area contributed by atoms with Gasteiger partial charge in [-0.25, -0.2) is 14.3 Å². The predicted octanol–water partition coefficient (Wildman–Crippen LogP) is 1.75. The van der Waals surface area contributed by atoms with Crippen molar-refractivity contribution in [1.82, 2.24) is 4.31 Å². The van der Waals surface area contributed by atoms with Crippen molar-refractivity contribution in [3.63, 3.8) is 0 Å². The van der Waals surface area contributed by atoms with Crippen molar-refractivity contribution in [3.05, 3.63) is 16.2 Å². The Morgan fingerprint density at radius 1 is 1.55 bits per heavy atom. The Hall–Kier alpha value is -1.23. The van der Waals surface area contributed by atoms with Gasteiger partial charge in [0, 0.05) is 18.7 Å². The van der Waals surface area contributed by atoms with Crippen LogP contribution in [0.25, 0.3) is 0 Å². The molecule has 0 aromatic carbocycles. The molecular formula is C10H18N4O4S2. The number of nitrogens with zero attached hydrogens (tertiary/aromatic N) is 2. The molecule has 8 nitrogen and oxygen atoms in total. The summed E-state index contributed by atoms with van der Waals surface area (Å²) in [4.78, 5) is 10.2. The number of sulfonamides is 1. The molecule has 10 heteroatoms. The number of anilines is 1. The highest BCUT2D eigenvalue weighted by Crippen LogP contribution is 2.37. The predicted molar refractivity (Wildman–Crippen MR) is 78.1 cm³/mol. The number of nitrogen functional groups attached to an aromatic ring is 1. The third-order valence-corrected chi connectivity index (χ3v) is 6.18. The minimum atomic E-state index is -3.76. The first-order chi connectivity index (χ1) is 9.25. The van der Waals surface area contributed by atoms with Gasteiger partial charge in [0.05, 0.1) is 4.92 Å². The highest BCUT2D eigenvalue weighted by molar-refractivity contribution is 7.91. The third-order valence-electron chi connectivity index (χ3n) is 2.60. The second kappa shape index (κ2) is 6.48. The van der Waals surface area contributed by atoms with Crippen LogP contribution in [0.4, 0.5) is 10.7 Å². The molecule has 1 rings (SSSR count). The van der Waals surface area contributed by atoms with Crippen molar-refractivity contribution in [1.29, 1.82) is 0 Å². The lowest BCUT2D eigenvalue weighted by molar-refractivity contribution is -0.383. The fraction of sp³-hybridized carbons (Fsp3) is 0.600. The summed E-state index contributed by atoms with van der Waals surface area (Å²) in [6, 6.07) is 0.815. The lowest BCUT2D eigenvalue weighted by Crippen LogP contribution is -2.37. The maximum absolute atomic E-state index is 12.5. The lowest BCUT2D eigenvalue weighted by atomic mass is 10.4. The van der Waals surface area contributed by atoms with E-state index in [0.29, 0.717) is 13.0 Å². The maximum Gasteiger partial charge on any atom is 0.306 e. The Morgan fingerprint density at radius 2 is 2.15 bits per heavy atom. The second-order valence-electron chi connectivity index (χ2n) is 4.39. The molecule has 1 aromatic heterocycles. The van der Waals surface area contributed by atoms with Gasteiger partial charge in [-0.1, -0.05) is 18.3 Å². The zero-order valence-electron chi connectivity index (χ0n) is 11.5. The van der Waals surface area contributed by atoms with E-state index in [0.717, 1.165) is 17.4 Å². The van der Waals surface area contributed by atoms with E-state index >= 15 is 0 Å². The summed E-state index contributed by atoms with van der Waals surface area (Å²) in [5.74, 6) is 5.19. The molecule has 0 fully saturated rings. The molecule has 20 heavy (non-hydrogen) atoms. The van der Waals surface area contributed by atoms with Crippen LogP contribution in [0.5, 0.6) is 0 Å². The van der Waals surface area contributed by atoms with Crippen molar-refractivity contribution in [3.8, 4) is 0 Å². The van der Waals surface area contributed by atoms with Crippen molar-refractivity contribution in [2.45, 2.75) is 37.4 Å². The van der Waals surface area contributed by atoms with Gasteiger partial charge < -0.3 is 5.43 Å². The average Bonchev–Trinajstić information content (AvgIpc) is 2.80. The van der Waals surface area contributed by atoms with Crippen LogP contribution < -0.4 is 11.3 Å². The molecule has 0 saturated heterocycles. The van der Waals surface area contributed by atoms with Crippen molar-refractivity contribution >= 4 is 32.0 Å².